The Balaban J connectivity index is 0.000000371. The van der Waals surface area contributed by atoms with E-state index in [4.69, 9.17) is 26.6 Å². The third-order valence-electron chi connectivity index (χ3n) is 6.02. The molecule has 0 aliphatic carbocycles. The third kappa shape index (κ3) is 6.32. The molecule has 1 aromatic carbocycles. The molecule has 0 radical (unpaired) electrons. The molecule has 0 saturated carbocycles. The number of fused-ring (bicyclic) bond motifs is 2. The van der Waals surface area contributed by atoms with Crippen LogP contribution in [0.1, 0.15) is 64.5 Å². The Morgan fingerprint density at radius 3 is 2.66 bits per heavy atom. The van der Waals surface area contributed by atoms with Crippen molar-refractivity contribution in [1.29, 1.82) is 5.26 Å². The van der Waals surface area contributed by atoms with Crippen molar-refractivity contribution in [3.05, 3.63) is 47.8 Å². The number of ether oxygens (including phenoxy) is 1. The van der Waals surface area contributed by atoms with Gasteiger partial charge in [-0.1, -0.05) is 58.4 Å². The number of hydrazine groups is 1. The first kappa shape index (κ1) is 26.5. The fourth-order valence-electron chi connectivity index (χ4n) is 4.06. The maximum atomic E-state index is 10.6. The molecule has 5 N–H and O–H groups in total. The first-order chi connectivity index (χ1) is 16.6. The van der Waals surface area contributed by atoms with Gasteiger partial charge in [0.25, 0.3) is 0 Å². The lowest BCUT2D eigenvalue weighted by atomic mass is 9.81. The average Bonchev–Trinajstić information content (AvgIpc) is 3.22. The topological polar surface area (TPSA) is 139 Å². The minimum Gasteiger partial charge on any atom is -0.490 e. The van der Waals surface area contributed by atoms with E-state index in [1.807, 2.05) is 18.2 Å². The number of thioether (sulfide) groups is 1. The quantitative estimate of drug-likeness (QED) is 0.328. The van der Waals surface area contributed by atoms with E-state index in [-0.39, 0.29) is 23.0 Å². The van der Waals surface area contributed by atoms with Gasteiger partial charge in [-0.05, 0) is 30.2 Å². The van der Waals surface area contributed by atoms with Crippen LogP contribution in [0, 0.1) is 16.7 Å². The molecule has 1 unspecified atom stereocenters. The molecule has 1 spiro atoms. The Morgan fingerprint density at radius 1 is 1.31 bits per heavy atom. The number of carbonyl (C=O) groups is 1. The van der Waals surface area contributed by atoms with Crippen molar-refractivity contribution in [2.24, 2.45) is 22.0 Å². The number of rotatable bonds is 4. The van der Waals surface area contributed by atoms with Gasteiger partial charge < -0.3 is 10.5 Å². The zero-order chi connectivity index (χ0) is 25.6. The highest BCUT2D eigenvalue weighted by molar-refractivity contribution is 8.14. The molecule has 3 heterocycles. The van der Waals surface area contributed by atoms with Crippen LogP contribution in [-0.2, 0) is 10.3 Å². The Kier molecular flexibility index (Phi) is 8.41. The molecule has 1 aromatic heterocycles. The minimum atomic E-state index is -0.366. The van der Waals surface area contributed by atoms with Gasteiger partial charge in [-0.2, -0.15) is 5.26 Å². The van der Waals surface area contributed by atoms with Crippen molar-refractivity contribution in [3.63, 3.8) is 0 Å². The summed E-state index contributed by atoms with van der Waals surface area (Å²) in [6, 6.07) is 10.2. The number of hydrogen-bond donors (Lipinski definition) is 3. The molecule has 2 aromatic rings. The van der Waals surface area contributed by atoms with E-state index in [2.05, 4.69) is 29.5 Å². The van der Waals surface area contributed by atoms with Crippen LogP contribution in [0.3, 0.4) is 0 Å². The largest absolute Gasteiger partial charge is 0.490 e. The number of aliphatic imine (C=N–C) groups is 1. The molecule has 0 saturated heterocycles. The van der Waals surface area contributed by atoms with Crippen LogP contribution in [0.4, 0.5) is 0 Å². The van der Waals surface area contributed by atoms with E-state index in [0.29, 0.717) is 10.7 Å². The molecule has 35 heavy (non-hydrogen) atoms. The zero-order valence-electron chi connectivity index (χ0n) is 20.8. The van der Waals surface area contributed by atoms with Gasteiger partial charge in [0.15, 0.2) is 5.17 Å². The number of nitrogens with one attached hydrogen (secondary N) is 1. The van der Waals surface area contributed by atoms with Crippen molar-refractivity contribution in [1.82, 2.24) is 10.4 Å². The molecule has 0 fully saturated rings. The number of amidine groups is 1. The second kappa shape index (κ2) is 11.1. The van der Waals surface area contributed by atoms with E-state index in [1.165, 1.54) is 0 Å². The second-order valence-electron chi connectivity index (χ2n) is 9.87. The molecule has 2 atom stereocenters. The molecule has 1 amide bonds. The SMILES string of the molecule is CC(C)(C)C(=O)NN.CCCC[C@H]1CC2(CSC(N)=N2)c2cc(-c3cncc(C#N)c3)ccc2O1. The fraction of sp³-hybridized carbons (Fsp3) is 0.462. The van der Waals surface area contributed by atoms with Gasteiger partial charge in [0.05, 0.1) is 5.56 Å². The summed E-state index contributed by atoms with van der Waals surface area (Å²) in [6.07, 6.45) is 7.71. The summed E-state index contributed by atoms with van der Waals surface area (Å²) < 4.78 is 6.30. The highest BCUT2D eigenvalue weighted by Crippen LogP contribution is 2.49. The van der Waals surface area contributed by atoms with Crippen LogP contribution in [0.15, 0.2) is 41.7 Å². The van der Waals surface area contributed by atoms with Crippen molar-refractivity contribution in [2.45, 2.75) is 65.0 Å². The predicted octanol–water partition coefficient (Wildman–Crippen LogP) is 4.24. The fourth-order valence-corrected chi connectivity index (χ4v) is 5.03. The summed E-state index contributed by atoms with van der Waals surface area (Å²) in [4.78, 5) is 19.6. The Hall–Kier alpha value is -3.09. The Bertz CT molecular complexity index is 1140. The molecule has 2 aliphatic rings. The van der Waals surface area contributed by atoms with E-state index < -0.39 is 0 Å². The number of unbranched alkanes of at least 4 members (excludes halogenated alkanes) is 1. The lowest BCUT2D eigenvalue weighted by Gasteiger charge is -2.38. The van der Waals surface area contributed by atoms with E-state index >= 15 is 0 Å². The molecule has 8 nitrogen and oxygen atoms in total. The molecule has 2 aliphatic heterocycles. The van der Waals surface area contributed by atoms with Crippen LogP contribution in [0.25, 0.3) is 11.1 Å². The third-order valence-corrected chi connectivity index (χ3v) is 7.02. The lowest BCUT2D eigenvalue weighted by Crippen LogP contribution is -2.39. The number of hydrogen-bond acceptors (Lipinski definition) is 8. The molecular formula is C26H34N6O2S. The maximum absolute atomic E-state index is 10.6. The molecular weight excluding hydrogens is 460 g/mol. The maximum Gasteiger partial charge on any atom is 0.239 e. The van der Waals surface area contributed by atoms with Crippen LogP contribution < -0.4 is 21.7 Å². The van der Waals surface area contributed by atoms with Crippen molar-refractivity contribution < 1.29 is 9.53 Å². The van der Waals surface area contributed by atoms with Crippen molar-refractivity contribution >= 4 is 22.8 Å². The standard InChI is InChI=1S/C21H22N4OS.C5H12N2O/c1-2-3-4-17-9-21(13-27-20(23)25-21)18-8-15(5-6-19(18)26-17)16-7-14(10-22)11-24-12-16;1-5(2,3)4(8)7-6/h5-8,11-12,17H,2-4,9,13H2,1H3,(H2,23,25);6H2,1-3H3,(H,7,8)/t17-,21?;/m0./s1. The summed E-state index contributed by atoms with van der Waals surface area (Å²) in [6.45, 7) is 7.60. The van der Waals surface area contributed by atoms with Gasteiger partial charge >= 0.3 is 0 Å². The second-order valence-corrected chi connectivity index (χ2v) is 10.9. The minimum absolute atomic E-state index is 0.141. The number of carbonyl (C=O) groups excluding carboxylic acids is 1. The van der Waals surface area contributed by atoms with Gasteiger partial charge in [0, 0.05) is 41.1 Å². The first-order valence-electron chi connectivity index (χ1n) is 11.8. The Morgan fingerprint density at radius 2 is 2.09 bits per heavy atom. The smallest absolute Gasteiger partial charge is 0.239 e. The summed E-state index contributed by atoms with van der Waals surface area (Å²) >= 11 is 1.62. The van der Waals surface area contributed by atoms with Crippen molar-refractivity contribution in [2.75, 3.05) is 5.75 Å². The highest BCUT2D eigenvalue weighted by Gasteiger charge is 2.44. The molecule has 9 heteroatoms. The first-order valence-corrected chi connectivity index (χ1v) is 12.8. The number of aromatic nitrogens is 1. The Labute approximate surface area is 211 Å². The highest BCUT2D eigenvalue weighted by atomic mass is 32.2. The van der Waals surface area contributed by atoms with E-state index in [9.17, 15) is 4.79 Å². The van der Waals surface area contributed by atoms with Crippen LogP contribution >= 0.6 is 11.8 Å². The monoisotopic (exact) mass is 494 g/mol. The summed E-state index contributed by atoms with van der Waals surface area (Å²) in [7, 11) is 0. The number of nitriles is 1. The van der Waals surface area contributed by atoms with E-state index in [0.717, 1.165) is 53.9 Å². The molecule has 4 rings (SSSR count). The van der Waals surface area contributed by atoms with Crippen LogP contribution in [0.2, 0.25) is 0 Å². The predicted molar refractivity (Wildman–Crippen MR) is 140 cm³/mol. The number of pyridine rings is 1. The molecule has 0 bridgehead atoms. The lowest BCUT2D eigenvalue weighted by molar-refractivity contribution is -0.128. The number of nitrogens with zero attached hydrogens (tertiary/aromatic N) is 3. The van der Waals surface area contributed by atoms with Gasteiger partial charge in [-0.3, -0.25) is 20.2 Å². The molecule has 186 valence electrons. The van der Waals surface area contributed by atoms with Gasteiger partial charge in [0.2, 0.25) is 5.91 Å². The van der Waals surface area contributed by atoms with Gasteiger partial charge in [0.1, 0.15) is 23.5 Å². The summed E-state index contributed by atoms with van der Waals surface area (Å²) in [5.41, 5.74) is 11.0. The number of nitrogens with two attached hydrogens (primary N) is 2. The average molecular weight is 495 g/mol. The normalized spacial score (nSPS) is 20.6. The van der Waals surface area contributed by atoms with Gasteiger partial charge in [-0.25, -0.2) is 5.84 Å². The number of benzene rings is 1. The summed E-state index contributed by atoms with van der Waals surface area (Å²) in [5.74, 6) is 6.46. The van der Waals surface area contributed by atoms with Gasteiger partial charge in [-0.15, -0.1) is 0 Å². The van der Waals surface area contributed by atoms with E-state index in [1.54, 1.807) is 44.9 Å². The van der Waals surface area contributed by atoms with Crippen LogP contribution in [0.5, 0.6) is 5.75 Å². The number of amides is 1. The van der Waals surface area contributed by atoms with Crippen LogP contribution in [-0.4, -0.2) is 27.9 Å². The zero-order valence-corrected chi connectivity index (χ0v) is 21.6. The van der Waals surface area contributed by atoms with Crippen molar-refractivity contribution in [3.8, 4) is 22.9 Å². The summed E-state index contributed by atoms with van der Waals surface area (Å²) in [5, 5.41) is 9.80.